The first kappa shape index (κ1) is 25.9. The molecule has 2 nitrogen and oxygen atoms in total. The molecule has 0 aromatic heterocycles. The van der Waals surface area contributed by atoms with E-state index in [1.807, 2.05) is 0 Å². The van der Waals surface area contributed by atoms with Crippen LogP contribution in [0, 0.1) is 49.4 Å². The molecule has 0 bridgehead atoms. The minimum Gasteiger partial charge on any atom is -0.496 e. The lowest BCUT2D eigenvalue weighted by Gasteiger charge is -2.36. The van der Waals surface area contributed by atoms with Gasteiger partial charge < -0.3 is 9.47 Å². The van der Waals surface area contributed by atoms with E-state index in [9.17, 15) is 0 Å². The van der Waals surface area contributed by atoms with Gasteiger partial charge in [-0.15, -0.1) is 0 Å². The summed E-state index contributed by atoms with van der Waals surface area (Å²) >= 11 is 0. The summed E-state index contributed by atoms with van der Waals surface area (Å²) in [6.07, 6.45) is 22.1. The van der Waals surface area contributed by atoms with Gasteiger partial charge in [0.25, 0.3) is 0 Å². The number of methoxy groups -OCH3 is 2. The Morgan fingerprint density at radius 1 is 0.588 bits per heavy atom. The molecule has 0 N–H and O–H groups in total. The molecule has 0 radical (unpaired) electrons. The van der Waals surface area contributed by atoms with Crippen LogP contribution in [0.1, 0.15) is 114 Å². The molecule has 3 aliphatic rings. The van der Waals surface area contributed by atoms with Gasteiger partial charge >= 0.3 is 0 Å². The van der Waals surface area contributed by atoms with Crippen molar-refractivity contribution in [2.45, 2.75) is 117 Å². The molecule has 34 heavy (non-hydrogen) atoms. The quantitative estimate of drug-likeness (QED) is 0.379. The van der Waals surface area contributed by atoms with Crippen molar-refractivity contribution in [1.82, 2.24) is 0 Å². The smallest absolute Gasteiger partial charge is 0.125 e. The summed E-state index contributed by atoms with van der Waals surface area (Å²) in [6, 6.07) is 2.05. The second-order valence-corrected chi connectivity index (χ2v) is 12.6. The van der Waals surface area contributed by atoms with Crippen LogP contribution in [0.4, 0.5) is 0 Å². The lowest BCUT2D eigenvalue weighted by atomic mass is 9.70. The van der Waals surface area contributed by atoms with Crippen LogP contribution in [0.25, 0.3) is 0 Å². The van der Waals surface area contributed by atoms with E-state index >= 15 is 0 Å². The Morgan fingerprint density at radius 2 is 0.941 bits per heavy atom. The van der Waals surface area contributed by atoms with E-state index in [1.54, 1.807) is 20.6 Å². The molecule has 1 aromatic carbocycles. The normalized spacial score (nSPS) is 32.4. The van der Waals surface area contributed by atoms with Crippen LogP contribution >= 0.6 is 0 Å². The molecule has 0 spiro atoms. The Balaban J connectivity index is 1.20. The Bertz CT molecular complexity index is 731. The van der Waals surface area contributed by atoms with Crippen molar-refractivity contribution in [3.05, 3.63) is 22.8 Å². The number of hydrogen-bond acceptors (Lipinski definition) is 2. The zero-order chi connectivity index (χ0) is 24.1. The summed E-state index contributed by atoms with van der Waals surface area (Å²) in [5, 5.41) is 0. The van der Waals surface area contributed by atoms with Crippen LogP contribution in [0.15, 0.2) is 6.07 Å². The zero-order valence-electron chi connectivity index (χ0n) is 23.0. The van der Waals surface area contributed by atoms with Crippen molar-refractivity contribution in [2.75, 3.05) is 14.2 Å². The van der Waals surface area contributed by atoms with E-state index in [0.29, 0.717) is 0 Å². The van der Waals surface area contributed by atoms with Crippen molar-refractivity contribution in [3.8, 4) is 11.5 Å². The van der Waals surface area contributed by atoms with Gasteiger partial charge in [-0.2, -0.15) is 0 Å². The molecule has 0 amide bonds. The number of benzene rings is 1. The second-order valence-electron chi connectivity index (χ2n) is 12.6. The fourth-order valence-electron chi connectivity index (χ4n) is 7.81. The summed E-state index contributed by atoms with van der Waals surface area (Å²) in [5.41, 5.74) is 4.08. The van der Waals surface area contributed by atoms with Crippen molar-refractivity contribution >= 4 is 0 Å². The third kappa shape index (κ3) is 6.52. The molecule has 0 heterocycles. The van der Waals surface area contributed by atoms with Crippen molar-refractivity contribution in [2.24, 2.45) is 35.5 Å². The molecule has 1 aromatic rings. The van der Waals surface area contributed by atoms with Crippen LogP contribution in [-0.4, -0.2) is 14.2 Å². The van der Waals surface area contributed by atoms with Gasteiger partial charge in [-0.05, 0) is 98.1 Å². The maximum Gasteiger partial charge on any atom is 0.125 e. The maximum absolute atomic E-state index is 5.65. The molecule has 4 rings (SSSR count). The molecule has 0 atom stereocenters. The minimum absolute atomic E-state index is 0.819. The predicted molar refractivity (Wildman–Crippen MR) is 144 cm³/mol. The van der Waals surface area contributed by atoms with Gasteiger partial charge in [0.05, 0.1) is 14.2 Å². The highest BCUT2D eigenvalue weighted by Crippen LogP contribution is 2.43. The number of ether oxygens (including phenoxy) is 2. The lowest BCUT2D eigenvalue weighted by Crippen LogP contribution is -2.23. The second kappa shape index (κ2) is 12.2. The van der Waals surface area contributed by atoms with E-state index in [-0.39, 0.29) is 0 Å². The van der Waals surface area contributed by atoms with E-state index in [1.165, 1.54) is 107 Å². The van der Waals surface area contributed by atoms with Gasteiger partial charge in [-0.1, -0.05) is 71.1 Å². The molecule has 3 aliphatic carbocycles. The Labute approximate surface area is 210 Å². The highest BCUT2D eigenvalue weighted by Gasteiger charge is 2.29. The fourth-order valence-corrected chi connectivity index (χ4v) is 7.81. The third-order valence-electron chi connectivity index (χ3n) is 10.2. The topological polar surface area (TPSA) is 18.5 Å². The molecule has 2 heteroatoms. The monoisotopic (exact) mass is 468 g/mol. The first-order chi connectivity index (χ1) is 16.5. The molecule has 0 saturated heterocycles. The number of hydrogen-bond donors (Lipinski definition) is 0. The van der Waals surface area contributed by atoms with Crippen molar-refractivity contribution < 1.29 is 9.47 Å². The van der Waals surface area contributed by atoms with Gasteiger partial charge in [0.2, 0.25) is 0 Å². The summed E-state index contributed by atoms with van der Waals surface area (Å²) in [4.78, 5) is 0. The average Bonchev–Trinajstić information content (AvgIpc) is 2.85. The molecular weight excluding hydrogens is 416 g/mol. The molecule has 3 saturated carbocycles. The summed E-state index contributed by atoms with van der Waals surface area (Å²) in [5.74, 6) is 7.88. The van der Waals surface area contributed by atoms with E-state index in [0.717, 1.165) is 47.0 Å². The molecular formula is C32H52O2. The van der Waals surface area contributed by atoms with Crippen molar-refractivity contribution in [1.29, 1.82) is 0 Å². The van der Waals surface area contributed by atoms with E-state index in [4.69, 9.17) is 9.47 Å². The standard InChI is InChI=1S/C32H52O2/c1-22-6-8-25(9-7-22)18-26-10-12-27(13-11-26)19-28-14-16-29(17-15-28)20-30-23(2)31(33-4)21-32(34-5)24(30)3/h21-22,25-29H,6-20H2,1-5H3. The van der Waals surface area contributed by atoms with Gasteiger partial charge in [-0.25, -0.2) is 0 Å². The number of rotatable bonds is 8. The van der Waals surface area contributed by atoms with Crippen LogP contribution < -0.4 is 9.47 Å². The molecule has 0 unspecified atom stereocenters. The van der Waals surface area contributed by atoms with Crippen LogP contribution in [0.3, 0.4) is 0 Å². The lowest BCUT2D eigenvalue weighted by molar-refractivity contribution is 0.166. The van der Waals surface area contributed by atoms with Gasteiger partial charge in [0, 0.05) is 6.07 Å². The van der Waals surface area contributed by atoms with Gasteiger partial charge in [0.1, 0.15) is 11.5 Å². The summed E-state index contributed by atoms with van der Waals surface area (Å²) in [6.45, 7) is 6.89. The van der Waals surface area contributed by atoms with Gasteiger partial charge in [-0.3, -0.25) is 0 Å². The first-order valence-corrected chi connectivity index (χ1v) is 14.7. The van der Waals surface area contributed by atoms with E-state index in [2.05, 4.69) is 26.8 Å². The highest BCUT2D eigenvalue weighted by atomic mass is 16.5. The third-order valence-corrected chi connectivity index (χ3v) is 10.2. The SMILES string of the molecule is COc1cc(OC)c(C)c(CC2CCC(CC3CCC(CC4CCC(C)CC4)CC3)CC2)c1C. The molecule has 192 valence electrons. The Kier molecular flexibility index (Phi) is 9.28. The minimum atomic E-state index is 0.819. The largest absolute Gasteiger partial charge is 0.496 e. The van der Waals surface area contributed by atoms with Gasteiger partial charge in [0.15, 0.2) is 0 Å². The van der Waals surface area contributed by atoms with Crippen LogP contribution in [0.2, 0.25) is 0 Å². The zero-order valence-corrected chi connectivity index (χ0v) is 23.0. The first-order valence-electron chi connectivity index (χ1n) is 14.7. The van der Waals surface area contributed by atoms with E-state index < -0.39 is 0 Å². The fraction of sp³-hybridized carbons (Fsp3) is 0.812. The van der Waals surface area contributed by atoms with Crippen LogP contribution in [-0.2, 0) is 6.42 Å². The molecule has 3 fully saturated rings. The Hall–Kier alpha value is -1.18. The maximum atomic E-state index is 5.65. The van der Waals surface area contributed by atoms with Crippen molar-refractivity contribution in [3.63, 3.8) is 0 Å². The average molecular weight is 469 g/mol. The Morgan fingerprint density at radius 3 is 1.32 bits per heavy atom. The summed E-state index contributed by atoms with van der Waals surface area (Å²) < 4.78 is 11.3. The summed E-state index contributed by atoms with van der Waals surface area (Å²) in [7, 11) is 3.55. The highest BCUT2D eigenvalue weighted by molar-refractivity contribution is 5.52. The predicted octanol–water partition coefficient (Wildman–Crippen LogP) is 9.08. The van der Waals surface area contributed by atoms with Crippen LogP contribution in [0.5, 0.6) is 11.5 Å². The molecule has 0 aliphatic heterocycles.